The lowest BCUT2D eigenvalue weighted by Crippen LogP contribution is -2.40. The summed E-state index contributed by atoms with van der Waals surface area (Å²) in [6.07, 6.45) is 4.04. The second kappa shape index (κ2) is 6.82. The largest absolute Gasteiger partial charge is 0.350 e. The van der Waals surface area contributed by atoms with Gasteiger partial charge in [0, 0.05) is 19.3 Å². The smallest absolute Gasteiger partial charge is 0.221 e. The molecule has 128 valence electrons. The van der Waals surface area contributed by atoms with Crippen molar-refractivity contribution in [2.75, 3.05) is 18.8 Å². The third kappa shape index (κ3) is 3.70. The molecule has 0 saturated carbocycles. The highest BCUT2D eigenvalue weighted by Crippen LogP contribution is 2.29. The molecule has 1 saturated heterocycles. The van der Waals surface area contributed by atoms with Gasteiger partial charge in [-0.15, -0.1) is 0 Å². The zero-order chi connectivity index (χ0) is 17.2. The molecule has 1 N–H and O–H groups in total. The van der Waals surface area contributed by atoms with Crippen LogP contribution >= 0.6 is 0 Å². The van der Waals surface area contributed by atoms with E-state index in [0.717, 1.165) is 5.56 Å². The molecule has 0 spiro atoms. The Labute approximate surface area is 139 Å². The number of sulfonamides is 1. The van der Waals surface area contributed by atoms with E-state index in [4.69, 9.17) is 0 Å². The van der Waals surface area contributed by atoms with Crippen molar-refractivity contribution < 1.29 is 17.6 Å². The number of H-pyrrole nitrogens is 1. The maximum Gasteiger partial charge on any atom is 0.221 e. The number of rotatable bonds is 5. The predicted octanol–water partition coefficient (Wildman–Crippen LogP) is 1.94. The Hall–Kier alpha value is -2.06. The van der Waals surface area contributed by atoms with E-state index in [-0.39, 0.29) is 17.4 Å². The molecule has 1 aliphatic rings. The van der Waals surface area contributed by atoms with Gasteiger partial charge in [0.05, 0.1) is 6.33 Å². The van der Waals surface area contributed by atoms with Gasteiger partial charge < -0.3 is 4.98 Å². The second-order valence-corrected chi connectivity index (χ2v) is 7.83. The van der Waals surface area contributed by atoms with Crippen molar-refractivity contribution in [3.8, 4) is 0 Å². The number of carbonyl (C=O) groups is 1. The van der Waals surface area contributed by atoms with E-state index in [1.807, 2.05) is 0 Å². The Morgan fingerprint density at radius 1 is 1.25 bits per heavy atom. The number of nitrogens with zero attached hydrogens (tertiary/aromatic N) is 2. The van der Waals surface area contributed by atoms with Gasteiger partial charge in [-0.3, -0.25) is 4.79 Å². The Kier molecular flexibility index (Phi) is 4.77. The summed E-state index contributed by atoms with van der Waals surface area (Å²) in [4.78, 5) is 18.4. The summed E-state index contributed by atoms with van der Waals surface area (Å²) in [6, 6.07) is 6.32. The van der Waals surface area contributed by atoms with Gasteiger partial charge in [0.2, 0.25) is 10.0 Å². The summed E-state index contributed by atoms with van der Waals surface area (Å²) in [7, 11) is -3.65. The third-order valence-electron chi connectivity index (χ3n) is 4.29. The van der Waals surface area contributed by atoms with Crippen LogP contribution in [0.3, 0.4) is 0 Å². The first-order valence-electron chi connectivity index (χ1n) is 7.71. The molecular formula is C16H18FN3O3S. The summed E-state index contributed by atoms with van der Waals surface area (Å²) in [6.45, 7) is 0.719. The van der Waals surface area contributed by atoms with Gasteiger partial charge in [-0.1, -0.05) is 12.1 Å². The molecule has 2 heterocycles. The first-order chi connectivity index (χ1) is 11.5. The van der Waals surface area contributed by atoms with E-state index in [1.54, 1.807) is 12.1 Å². The highest BCUT2D eigenvalue weighted by molar-refractivity contribution is 7.89. The number of carbonyl (C=O) groups excluding carboxylic acids is 1. The number of aromatic nitrogens is 2. The first-order valence-corrected chi connectivity index (χ1v) is 9.32. The van der Waals surface area contributed by atoms with Crippen molar-refractivity contribution in [1.82, 2.24) is 14.3 Å². The maximum atomic E-state index is 13.0. The van der Waals surface area contributed by atoms with Crippen LogP contribution in [0.25, 0.3) is 0 Å². The minimum Gasteiger partial charge on any atom is -0.350 e. The number of nitrogens with one attached hydrogen (secondary N) is 1. The predicted molar refractivity (Wildman–Crippen MR) is 86.7 cm³/mol. The SMILES string of the molecule is O=C(CS(=O)(=O)N1CCC(c2ccc(F)cc2)CC1)c1c[nH]cn1. The number of aromatic amines is 1. The van der Waals surface area contributed by atoms with Gasteiger partial charge in [0.25, 0.3) is 0 Å². The number of halogens is 1. The van der Waals surface area contributed by atoms with Crippen LogP contribution in [-0.2, 0) is 10.0 Å². The number of Topliss-reactive ketones (excluding diaryl/α,β-unsaturated/α-hetero) is 1. The van der Waals surface area contributed by atoms with Crippen LogP contribution in [0.15, 0.2) is 36.8 Å². The maximum absolute atomic E-state index is 13.0. The summed E-state index contributed by atoms with van der Waals surface area (Å²) in [5.41, 5.74) is 1.14. The fraction of sp³-hybridized carbons (Fsp3) is 0.375. The fourth-order valence-corrected chi connectivity index (χ4v) is 4.37. The van der Waals surface area contributed by atoms with E-state index in [2.05, 4.69) is 9.97 Å². The molecule has 0 amide bonds. The van der Waals surface area contributed by atoms with Crippen LogP contribution in [0.5, 0.6) is 0 Å². The number of piperidine rings is 1. The Bertz CT molecular complexity index is 796. The molecule has 0 atom stereocenters. The van der Waals surface area contributed by atoms with Crippen molar-refractivity contribution in [2.24, 2.45) is 0 Å². The lowest BCUT2D eigenvalue weighted by atomic mass is 9.90. The zero-order valence-electron chi connectivity index (χ0n) is 13.0. The molecule has 6 nitrogen and oxygen atoms in total. The van der Waals surface area contributed by atoms with Crippen molar-refractivity contribution in [3.05, 3.63) is 53.9 Å². The van der Waals surface area contributed by atoms with Crippen LogP contribution in [0.4, 0.5) is 4.39 Å². The number of hydrogen-bond donors (Lipinski definition) is 1. The molecule has 24 heavy (non-hydrogen) atoms. The van der Waals surface area contributed by atoms with Crippen molar-refractivity contribution in [3.63, 3.8) is 0 Å². The van der Waals surface area contributed by atoms with Crippen molar-refractivity contribution in [2.45, 2.75) is 18.8 Å². The molecule has 2 aromatic rings. The molecule has 1 fully saturated rings. The molecule has 3 rings (SSSR count). The zero-order valence-corrected chi connectivity index (χ0v) is 13.8. The van der Waals surface area contributed by atoms with E-state index in [0.29, 0.717) is 25.9 Å². The van der Waals surface area contributed by atoms with Gasteiger partial charge in [-0.05, 0) is 36.5 Å². The molecule has 1 aromatic heterocycles. The topological polar surface area (TPSA) is 83.1 Å². The summed E-state index contributed by atoms with van der Waals surface area (Å²) >= 11 is 0. The van der Waals surface area contributed by atoms with Gasteiger partial charge in [0.1, 0.15) is 17.3 Å². The summed E-state index contributed by atoms with van der Waals surface area (Å²) in [5.74, 6) is -1.16. The molecule has 1 aromatic carbocycles. The van der Waals surface area contributed by atoms with Crippen LogP contribution < -0.4 is 0 Å². The summed E-state index contributed by atoms with van der Waals surface area (Å²) < 4.78 is 39.1. The lowest BCUT2D eigenvalue weighted by Gasteiger charge is -2.31. The highest BCUT2D eigenvalue weighted by atomic mass is 32.2. The monoisotopic (exact) mass is 351 g/mol. The minimum absolute atomic E-state index is 0.125. The standard InChI is InChI=1S/C16H18FN3O3S/c17-14-3-1-12(2-4-14)13-5-7-20(8-6-13)24(22,23)10-16(21)15-9-18-11-19-15/h1-4,9,11,13H,5-8,10H2,(H,18,19). The number of hydrogen-bond acceptors (Lipinski definition) is 4. The van der Waals surface area contributed by atoms with E-state index < -0.39 is 21.6 Å². The van der Waals surface area contributed by atoms with Crippen LogP contribution in [0.2, 0.25) is 0 Å². The second-order valence-electron chi connectivity index (χ2n) is 5.86. The number of benzene rings is 1. The fourth-order valence-electron chi connectivity index (χ4n) is 2.95. The minimum atomic E-state index is -3.65. The number of ketones is 1. The third-order valence-corrected chi connectivity index (χ3v) is 6.07. The van der Waals surface area contributed by atoms with Crippen LogP contribution in [0.1, 0.15) is 34.8 Å². The first kappa shape index (κ1) is 16.8. The average Bonchev–Trinajstić information content (AvgIpc) is 3.10. The highest BCUT2D eigenvalue weighted by Gasteiger charge is 2.30. The van der Waals surface area contributed by atoms with Crippen molar-refractivity contribution in [1.29, 1.82) is 0 Å². The van der Waals surface area contributed by atoms with Gasteiger partial charge in [-0.2, -0.15) is 0 Å². The van der Waals surface area contributed by atoms with Gasteiger partial charge in [0.15, 0.2) is 5.78 Å². The Balaban J connectivity index is 1.61. The van der Waals surface area contributed by atoms with E-state index >= 15 is 0 Å². The normalized spacial score (nSPS) is 17.0. The molecule has 8 heteroatoms. The van der Waals surface area contributed by atoms with Gasteiger partial charge in [-0.25, -0.2) is 22.1 Å². The van der Waals surface area contributed by atoms with Crippen LogP contribution in [-0.4, -0.2) is 47.3 Å². The van der Waals surface area contributed by atoms with Crippen LogP contribution in [0, 0.1) is 5.82 Å². The molecule has 0 radical (unpaired) electrons. The van der Waals surface area contributed by atoms with E-state index in [9.17, 15) is 17.6 Å². The molecule has 0 aliphatic carbocycles. The van der Waals surface area contributed by atoms with Crippen molar-refractivity contribution >= 4 is 15.8 Å². The molecule has 0 bridgehead atoms. The Morgan fingerprint density at radius 3 is 2.50 bits per heavy atom. The lowest BCUT2D eigenvalue weighted by molar-refractivity contribution is 0.101. The Morgan fingerprint density at radius 2 is 1.92 bits per heavy atom. The molecular weight excluding hydrogens is 333 g/mol. The van der Waals surface area contributed by atoms with Gasteiger partial charge >= 0.3 is 0 Å². The van der Waals surface area contributed by atoms with E-state index in [1.165, 1.54) is 29.0 Å². The molecule has 1 aliphatic heterocycles. The number of imidazole rings is 1. The average molecular weight is 351 g/mol. The summed E-state index contributed by atoms with van der Waals surface area (Å²) in [5, 5.41) is 0. The molecule has 0 unspecified atom stereocenters. The quantitative estimate of drug-likeness (QED) is 0.835.